The molecule has 0 amide bonds. The van der Waals surface area contributed by atoms with E-state index in [-0.39, 0.29) is 17.3 Å². The van der Waals surface area contributed by atoms with Crippen LogP contribution in [0.5, 0.6) is 0 Å². The van der Waals surface area contributed by atoms with E-state index in [9.17, 15) is 4.39 Å². The topological polar surface area (TPSA) is 12.0 Å². The second-order valence-corrected chi connectivity index (χ2v) is 5.86. The summed E-state index contributed by atoms with van der Waals surface area (Å²) in [7, 11) is 0. The summed E-state index contributed by atoms with van der Waals surface area (Å²) in [6.45, 7) is 9.30. The van der Waals surface area contributed by atoms with Gasteiger partial charge in [-0.15, -0.1) is 0 Å². The van der Waals surface area contributed by atoms with Gasteiger partial charge in [-0.2, -0.15) is 0 Å². The Kier molecular flexibility index (Phi) is 4.96. The fourth-order valence-electron chi connectivity index (χ4n) is 1.91. The molecule has 0 fully saturated rings. The highest BCUT2D eigenvalue weighted by Gasteiger charge is 2.27. The van der Waals surface area contributed by atoms with Crippen LogP contribution in [-0.2, 0) is 0 Å². The number of hydrogen-bond donors (Lipinski definition) is 1. The molecule has 3 heteroatoms. The first-order valence-corrected chi connectivity index (χ1v) is 6.42. The molecule has 0 heterocycles. The maximum atomic E-state index is 13.9. The van der Waals surface area contributed by atoms with Crippen LogP contribution in [-0.4, -0.2) is 6.54 Å². The predicted octanol–water partition coefficient (Wildman–Crippen LogP) is 4.57. The standard InChI is InChI=1S/C14H21ClFN/c1-5-8-17-13(14(2,3)4)11-7-6-10(15)9-12(11)16/h6-7,9,13,17H,5,8H2,1-4H3. The summed E-state index contributed by atoms with van der Waals surface area (Å²) in [5, 5.41) is 3.84. The van der Waals surface area contributed by atoms with Crippen LogP contribution < -0.4 is 5.32 Å². The van der Waals surface area contributed by atoms with E-state index in [1.807, 2.05) is 0 Å². The third-order valence-electron chi connectivity index (χ3n) is 2.74. The monoisotopic (exact) mass is 257 g/mol. The van der Waals surface area contributed by atoms with E-state index in [0.29, 0.717) is 10.6 Å². The van der Waals surface area contributed by atoms with Crippen LogP contribution in [0.3, 0.4) is 0 Å². The molecule has 96 valence electrons. The third-order valence-corrected chi connectivity index (χ3v) is 2.97. The molecule has 1 unspecified atom stereocenters. The van der Waals surface area contributed by atoms with Crippen molar-refractivity contribution in [3.05, 3.63) is 34.6 Å². The largest absolute Gasteiger partial charge is 0.309 e. The molecular weight excluding hydrogens is 237 g/mol. The maximum Gasteiger partial charge on any atom is 0.129 e. The van der Waals surface area contributed by atoms with Crippen molar-refractivity contribution < 1.29 is 4.39 Å². The predicted molar refractivity (Wildman–Crippen MR) is 71.9 cm³/mol. The Bertz CT molecular complexity index is 371. The molecule has 1 aromatic carbocycles. The highest BCUT2D eigenvalue weighted by molar-refractivity contribution is 6.30. The zero-order valence-corrected chi connectivity index (χ0v) is 11.7. The molecule has 0 spiro atoms. The average Bonchev–Trinajstić information content (AvgIpc) is 2.19. The molecule has 0 bridgehead atoms. The number of halogens is 2. The van der Waals surface area contributed by atoms with E-state index in [4.69, 9.17) is 11.6 Å². The van der Waals surface area contributed by atoms with Gasteiger partial charge < -0.3 is 5.32 Å². The zero-order valence-electron chi connectivity index (χ0n) is 11.0. The summed E-state index contributed by atoms with van der Waals surface area (Å²) in [4.78, 5) is 0. The van der Waals surface area contributed by atoms with Crippen LogP contribution in [0.1, 0.15) is 45.7 Å². The van der Waals surface area contributed by atoms with E-state index in [1.54, 1.807) is 12.1 Å². The fourth-order valence-corrected chi connectivity index (χ4v) is 2.07. The molecule has 1 nitrogen and oxygen atoms in total. The van der Waals surface area contributed by atoms with E-state index < -0.39 is 0 Å². The highest BCUT2D eigenvalue weighted by atomic mass is 35.5. The summed E-state index contributed by atoms with van der Waals surface area (Å²) in [6, 6.07) is 4.89. The second kappa shape index (κ2) is 5.83. The smallest absolute Gasteiger partial charge is 0.129 e. The van der Waals surface area contributed by atoms with Gasteiger partial charge in [0.25, 0.3) is 0 Å². The van der Waals surface area contributed by atoms with Gasteiger partial charge in [0.1, 0.15) is 5.82 Å². The van der Waals surface area contributed by atoms with Crippen molar-refractivity contribution in [2.45, 2.75) is 40.2 Å². The molecule has 0 aliphatic heterocycles. The van der Waals surface area contributed by atoms with Gasteiger partial charge in [0.05, 0.1) is 0 Å². The minimum absolute atomic E-state index is 0.000262. The van der Waals surface area contributed by atoms with Crippen LogP contribution >= 0.6 is 11.6 Å². The first kappa shape index (κ1) is 14.5. The van der Waals surface area contributed by atoms with Crippen molar-refractivity contribution in [1.82, 2.24) is 5.32 Å². The molecule has 0 radical (unpaired) electrons. The van der Waals surface area contributed by atoms with Gasteiger partial charge in [-0.05, 0) is 30.5 Å². The van der Waals surface area contributed by atoms with Crippen molar-refractivity contribution in [1.29, 1.82) is 0 Å². The zero-order chi connectivity index (χ0) is 13.1. The number of rotatable bonds is 4. The first-order valence-electron chi connectivity index (χ1n) is 6.04. The Hall–Kier alpha value is -0.600. The van der Waals surface area contributed by atoms with Gasteiger partial charge in [0.15, 0.2) is 0 Å². The Balaban J connectivity index is 3.04. The lowest BCUT2D eigenvalue weighted by Gasteiger charge is -2.32. The Morgan fingerprint density at radius 2 is 2.00 bits per heavy atom. The SMILES string of the molecule is CCCNC(c1ccc(Cl)cc1F)C(C)(C)C. The summed E-state index contributed by atoms with van der Waals surface area (Å²) in [5.74, 6) is -0.235. The lowest BCUT2D eigenvalue weighted by molar-refractivity contribution is 0.267. The minimum atomic E-state index is -0.235. The van der Waals surface area contributed by atoms with Crippen LogP contribution in [0, 0.1) is 11.2 Å². The number of benzene rings is 1. The highest BCUT2D eigenvalue weighted by Crippen LogP contribution is 2.34. The normalized spacial score (nSPS) is 13.8. The van der Waals surface area contributed by atoms with Crippen molar-refractivity contribution in [3.8, 4) is 0 Å². The van der Waals surface area contributed by atoms with Crippen LogP contribution in [0.4, 0.5) is 4.39 Å². The van der Waals surface area contributed by atoms with Gasteiger partial charge in [-0.3, -0.25) is 0 Å². The third kappa shape index (κ3) is 3.97. The molecule has 0 aliphatic carbocycles. The minimum Gasteiger partial charge on any atom is -0.309 e. The molecule has 1 N–H and O–H groups in total. The summed E-state index contributed by atoms with van der Waals surface area (Å²) in [5.41, 5.74) is 0.652. The molecular formula is C14H21ClFN. The van der Waals surface area contributed by atoms with E-state index >= 15 is 0 Å². The van der Waals surface area contributed by atoms with Crippen molar-refractivity contribution in [2.24, 2.45) is 5.41 Å². The number of nitrogens with one attached hydrogen (secondary N) is 1. The summed E-state index contributed by atoms with van der Waals surface area (Å²) < 4.78 is 13.9. The van der Waals surface area contributed by atoms with Crippen molar-refractivity contribution in [3.63, 3.8) is 0 Å². The molecule has 0 saturated heterocycles. The molecule has 0 aromatic heterocycles. The van der Waals surface area contributed by atoms with E-state index in [1.165, 1.54) is 6.07 Å². The summed E-state index contributed by atoms with van der Waals surface area (Å²) >= 11 is 5.78. The summed E-state index contributed by atoms with van der Waals surface area (Å²) in [6.07, 6.45) is 1.03. The number of hydrogen-bond acceptors (Lipinski definition) is 1. The molecule has 1 rings (SSSR count). The average molecular weight is 258 g/mol. The lowest BCUT2D eigenvalue weighted by Crippen LogP contribution is -2.33. The van der Waals surface area contributed by atoms with Gasteiger partial charge >= 0.3 is 0 Å². The van der Waals surface area contributed by atoms with Crippen LogP contribution in [0.2, 0.25) is 5.02 Å². The van der Waals surface area contributed by atoms with E-state index in [2.05, 4.69) is 33.0 Å². The van der Waals surface area contributed by atoms with Gasteiger partial charge in [-0.1, -0.05) is 45.4 Å². The van der Waals surface area contributed by atoms with Crippen molar-refractivity contribution in [2.75, 3.05) is 6.54 Å². The Labute approximate surface area is 108 Å². The molecule has 1 aromatic rings. The fraction of sp³-hybridized carbons (Fsp3) is 0.571. The second-order valence-electron chi connectivity index (χ2n) is 5.42. The molecule has 0 saturated carbocycles. The van der Waals surface area contributed by atoms with Gasteiger partial charge in [-0.25, -0.2) is 4.39 Å². The molecule has 0 aliphatic rings. The van der Waals surface area contributed by atoms with E-state index in [0.717, 1.165) is 13.0 Å². The Morgan fingerprint density at radius 3 is 2.47 bits per heavy atom. The lowest BCUT2D eigenvalue weighted by atomic mass is 9.82. The van der Waals surface area contributed by atoms with Crippen LogP contribution in [0.25, 0.3) is 0 Å². The van der Waals surface area contributed by atoms with Crippen molar-refractivity contribution >= 4 is 11.6 Å². The molecule has 1 atom stereocenters. The van der Waals surface area contributed by atoms with Crippen LogP contribution in [0.15, 0.2) is 18.2 Å². The quantitative estimate of drug-likeness (QED) is 0.833. The first-order chi connectivity index (χ1) is 7.86. The maximum absolute atomic E-state index is 13.9. The van der Waals surface area contributed by atoms with Gasteiger partial charge in [0, 0.05) is 16.6 Å². The Morgan fingerprint density at radius 1 is 1.35 bits per heavy atom. The van der Waals surface area contributed by atoms with Gasteiger partial charge in [0.2, 0.25) is 0 Å². The molecule has 17 heavy (non-hydrogen) atoms.